The summed E-state index contributed by atoms with van der Waals surface area (Å²) in [6, 6.07) is 14.7. The number of hydrogen-bond acceptors (Lipinski definition) is 3. The molecule has 0 aliphatic rings. The highest BCUT2D eigenvalue weighted by molar-refractivity contribution is 6.04. The molecular weight excluding hydrogens is 338 g/mol. The predicted molar refractivity (Wildman–Crippen MR) is 111 cm³/mol. The van der Waals surface area contributed by atoms with Crippen LogP contribution in [0.3, 0.4) is 0 Å². The number of benzene rings is 2. The minimum absolute atomic E-state index is 0.110. The van der Waals surface area contributed by atoms with Gasteiger partial charge in [-0.15, -0.1) is 0 Å². The van der Waals surface area contributed by atoms with Gasteiger partial charge in [0.1, 0.15) is 11.5 Å². The summed E-state index contributed by atoms with van der Waals surface area (Å²) in [4.78, 5) is 12.4. The van der Waals surface area contributed by atoms with Crippen molar-refractivity contribution in [2.75, 3.05) is 11.9 Å². The highest BCUT2D eigenvalue weighted by Gasteiger charge is 2.07. The summed E-state index contributed by atoms with van der Waals surface area (Å²) in [6.45, 7) is 6.87. The molecule has 0 aromatic heterocycles. The number of amides is 1. The van der Waals surface area contributed by atoms with Gasteiger partial charge in [-0.3, -0.25) is 4.79 Å². The maximum Gasteiger partial charge on any atom is 0.255 e. The number of carbonyl (C=O) groups excluding carboxylic acids is 1. The molecule has 4 nitrogen and oxygen atoms in total. The Hall–Kier alpha value is -2.49. The molecule has 0 aliphatic carbocycles. The highest BCUT2D eigenvalue weighted by Crippen LogP contribution is 2.20. The Morgan fingerprint density at radius 1 is 0.963 bits per heavy atom. The smallest absolute Gasteiger partial charge is 0.255 e. The molecule has 0 fully saturated rings. The average molecular weight is 370 g/mol. The number of ether oxygens (including phenoxy) is 2. The SMILES string of the molecule is CCCCCCCOc1cccc(NC(=O)c2ccc(OC(C)C)cc2)c1. The monoisotopic (exact) mass is 369 g/mol. The van der Waals surface area contributed by atoms with Crippen LogP contribution in [0.15, 0.2) is 48.5 Å². The van der Waals surface area contributed by atoms with Gasteiger partial charge < -0.3 is 14.8 Å². The topological polar surface area (TPSA) is 47.6 Å². The standard InChI is InChI=1S/C23H31NO3/c1-4-5-6-7-8-16-26-22-11-9-10-20(17-22)24-23(25)19-12-14-21(15-13-19)27-18(2)3/h9-15,17-18H,4-8,16H2,1-3H3,(H,24,25). The van der Waals surface area contributed by atoms with Gasteiger partial charge in [0.25, 0.3) is 5.91 Å². The lowest BCUT2D eigenvalue weighted by atomic mass is 10.2. The molecule has 0 unspecified atom stereocenters. The van der Waals surface area contributed by atoms with Gasteiger partial charge in [0, 0.05) is 17.3 Å². The second-order valence-electron chi connectivity index (χ2n) is 6.94. The molecule has 0 spiro atoms. The Bertz CT molecular complexity index is 695. The van der Waals surface area contributed by atoms with Gasteiger partial charge in [-0.2, -0.15) is 0 Å². The molecule has 0 heterocycles. The van der Waals surface area contributed by atoms with E-state index in [-0.39, 0.29) is 12.0 Å². The molecule has 27 heavy (non-hydrogen) atoms. The lowest BCUT2D eigenvalue weighted by Crippen LogP contribution is -2.12. The van der Waals surface area contributed by atoms with E-state index in [0.29, 0.717) is 12.2 Å². The molecule has 1 N–H and O–H groups in total. The molecule has 2 aromatic carbocycles. The molecule has 1 amide bonds. The minimum atomic E-state index is -0.150. The Balaban J connectivity index is 1.84. The summed E-state index contributed by atoms with van der Waals surface area (Å²) < 4.78 is 11.4. The number of anilines is 1. The maximum absolute atomic E-state index is 12.4. The number of rotatable bonds is 11. The van der Waals surface area contributed by atoms with Crippen LogP contribution in [0.5, 0.6) is 11.5 Å². The van der Waals surface area contributed by atoms with Crippen molar-refractivity contribution in [1.29, 1.82) is 0 Å². The zero-order valence-corrected chi connectivity index (χ0v) is 16.7. The molecule has 146 valence electrons. The molecular formula is C23H31NO3. The van der Waals surface area contributed by atoms with Crippen LogP contribution in [0, 0.1) is 0 Å². The van der Waals surface area contributed by atoms with Gasteiger partial charge in [-0.25, -0.2) is 0 Å². The first-order valence-electron chi connectivity index (χ1n) is 9.89. The van der Waals surface area contributed by atoms with Crippen LogP contribution in [0.1, 0.15) is 63.2 Å². The van der Waals surface area contributed by atoms with Crippen LogP contribution in [0.4, 0.5) is 5.69 Å². The minimum Gasteiger partial charge on any atom is -0.494 e. The van der Waals surface area contributed by atoms with E-state index < -0.39 is 0 Å². The maximum atomic E-state index is 12.4. The van der Waals surface area contributed by atoms with Crippen molar-refractivity contribution in [3.05, 3.63) is 54.1 Å². The molecule has 0 radical (unpaired) electrons. The summed E-state index contributed by atoms with van der Waals surface area (Å²) >= 11 is 0. The summed E-state index contributed by atoms with van der Waals surface area (Å²) in [7, 11) is 0. The van der Waals surface area contributed by atoms with Crippen LogP contribution in [0.2, 0.25) is 0 Å². The number of carbonyl (C=O) groups is 1. The van der Waals surface area contributed by atoms with Crippen molar-refractivity contribution < 1.29 is 14.3 Å². The molecule has 0 bridgehead atoms. The first kappa shape index (κ1) is 20.8. The van der Waals surface area contributed by atoms with Crippen LogP contribution in [-0.4, -0.2) is 18.6 Å². The summed E-state index contributed by atoms with van der Waals surface area (Å²) in [5.41, 5.74) is 1.32. The molecule has 2 rings (SSSR count). The third kappa shape index (κ3) is 7.73. The highest BCUT2D eigenvalue weighted by atomic mass is 16.5. The van der Waals surface area contributed by atoms with Crippen LogP contribution >= 0.6 is 0 Å². The Morgan fingerprint density at radius 3 is 2.41 bits per heavy atom. The van der Waals surface area contributed by atoms with Gasteiger partial charge in [-0.1, -0.05) is 38.7 Å². The van der Waals surface area contributed by atoms with Crippen molar-refractivity contribution in [3.63, 3.8) is 0 Å². The first-order chi connectivity index (χ1) is 13.1. The molecule has 0 saturated carbocycles. The second kappa shape index (κ2) is 11.3. The van der Waals surface area contributed by atoms with Crippen LogP contribution < -0.4 is 14.8 Å². The fourth-order valence-corrected chi connectivity index (χ4v) is 2.72. The first-order valence-corrected chi connectivity index (χ1v) is 9.89. The largest absolute Gasteiger partial charge is 0.494 e. The summed E-state index contributed by atoms with van der Waals surface area (Å²) in [5.74, 6) is 1.39. The third-order valence-electron chi connectivity index (χ3n) is 4.10. The van der Waals surface area contributed by atoms with Crippen LogP contribution in [-0.2, 0) is 0 Å². The van der Waals surface area contributed by atoms with Gasteiger partial charge in [0.05, 0.1) is 12.7 Å². The van der Waals surface area contributed by atoms with E-state index in [9.17, 15) is 4.79 Å². The van der Waals surface area contributed by atoms with Crippen molar-refractivity contribution in [2.45, 2.75) is 59.0 Å². The quantitative estimate of drug-likeness (QED) is 0.489. The molecule has 0 saturated heterocycles. The zero-order valence-electron chi connectivity index (χ0n) is 16.7. The lowest BCUT2D eigenvalue weighted by molar-refractivity contribution is 0.102. The van der Waals surface area contributed by atoms with E-state index in [1.807, 2.05) is 50.2 Å². The molecule has 0 aliphatic heterocycles. The second-order valence-corrected chi connectivity index (χ2v) is 6.94. The van der Waals surface area contributed by atoms with Crippen molar-refractivity contribution in [3.8, 4) is 11.5 Å². The fourth-order valence-electron chi connectivity index (χ4n) is 2.72. The van der Waals surface area contributed by atoms with Gasteiger partial charge in [0.15, 0.2) is 0 Å². The molecule has 4 heteroatoms. The summed E-state index contributed by atoms with van der Waals surface area (Å²) in [6.07, 6.45) is 6.15. The van der Waals surface area contributed by atoms with E-state index in [1.165, 1.54) is 25.7 Å². The predicted octanol–water partition coefficient (Wildman–Crippen LogP) is 6.08. The normalized spacial score (nSPS) is 10.7. The average Bonchev–Trinajstić information content (AvgIpc) is 2.65. The Morgan fingerprint density at radius 2 is 1.70 bits per heavy atom. The van der Waals surface area contributed by atoms with E-state index in [1.54, 1.807) is 12.1 Å². The Labute approximate surface area is 162 Å². The number of hydrogen-bond donors (Lipinski definition) is 1. The van der Waals surface area contributed by atoms with E-state index in [0.717, 1.165) is 23.6 Å². The van der Waals surface area contributed by atoms with Crippen LogP contribution in [0.25, 0.3) is 0 Å². The number of unbranched alkanes of at least 4 members (excludes halogenated alkanes) is 4. The van der Waals surface area contributed by atoms with E-state index >= 15 is 0 Å². The van der Waals surface area contributed by atoms with Crippen molar-refractivity contribution in [2.24, 2.45) is 0 Å². The third-order valence-corrected chi connectivity index (χ3v) is 4.10. The van der Waals surface area contributed by atoms with Crippen molar-refractivity contribution in [1.82, 2.24) is 0 Å². The van der Waals surface area contributed by atoms with E-state index in [4.69, 9.17) is 9.47 Å². The molecule has 0 atom stereocenters. The lowest BCUT2D eigenvalue weighted by Gasteiger charge is -2.11. The van der Waals surface area contributed by atoms with Gasteiger partial charge >= 0.3 is 0 Å². The molecule has 2 aromatic rings. The fraction of sp³-hybridized carbons (Fsp3) is 0.435. The zero-order chi connectivity index (χ0) is 19.5. The van der Waals surface area contributed by atoms with Crippen molar-refractivity contribution >= 4 is 11.6 Å². The number of nitrogens with one attached hydrogen (secondary N) is 1. The summed E-state index contributed by atoms with van der Waals surface area (Å²) in [5, 5.41) is 2.92. The van der Waals surface area contributed by atoms with Gasteiger partial charge in [-0.05, 0) is 56.7 Å². The van der Waals surface area contributed by atoms with E-state index in [2.05, 4.69) is 12.2 Å². The van der Waals surface area contributed by atoms with Gasteiger partial charge in [0.2, 0.25) is 0 Å². The Kier molecular flexibility index (Phi) is 8.69.